The van der Waals surface area contributed by atoms with Gasteiger partial charge < -0.3 is 5.73 Å². The van der Waals surface area contributed by atoms with Crippen molar-refractivity contribution in [2.75, 3.05) is 0 Å². The highest BCUT2D eigenvalue weighted by Crippen LogP contribution is 2.03. The molecular formula is C10H16Cl3N. The molecule has 0 unspecified atom stereocenters. The molecule has 0 radical (unpaired) electrons. The van der Waals surface area contributed by atoms with Crippen molar-refractivity contribution in [1.82, 2.24) is 0 Å². The van der Waals surface area contributed by atoms with Gasteiger partial charge in [-0.25, -0.2) is 0 Å². The van der Waals surface area contributed by atoms with Crippen molar-refractivity contribution in [1.29, 1.82) is 0 Å². The van der Waals surface area contributed by atoms with Gasteiger partial charge in [0, 0.05) is 0 Å². The first-order valence-electron chi connectivity index (χ1n) is 4.14. The van der Waals surface area contributed by atoms with Crippen LogP contribution in [0.5, 0.6) is 0 Å². The van der Waals surface area contributed by atoms with Gasteiger partial charge in [-0.15, -0.1) is 0 Å². The molecule has 1 aromatic carbocycles. The van der Waals surface area contributed by atoms with Crippen molar-refractivity contribution < 1.29 is 0 Å². The van der Waals surface area contributed by atoms with Crippen LogP contribution in [0.25, 0.3) is 0 Å². The van der Waals surface area contributed by atoms with Crippen molar-refractivity contribution >= 4 is 34.8 Å². The summed E-state index contributed by atoms with van der Waals surface area (Å²) in [5, 5.41) is 0. The topological polar surface area (TPSA) is 26.0 Å². The molecule has 0 amide bonds. The summed E-state index contributed by atoms with van der Waals surface area (Å²) in [6.45, 7) is 3.89. The molecule has 0 aliphatic carbocycles. The Labute approximate surface area is 101 Å². The summed E-state index contributed by atoms with van der Waals surface area (Å²) in [4.78, 5) is 0. The second-order valence-corrected chi connectivity index (χ2v) is 4.63. The van der Waals surface area contributed by atoms with E-state index >= 15 is 0 Å². The molecule has 1 nitrogen and oxygen atoms in total. The van der Waals surface area contributed by atoms with E-state index in [4.69, 9.17) is 40.5 Å². The molecule has 1 rings (SSSR count). The summed E-state index contributed by atoms with van der Waals surface area (Å²) in [6.07, 6.45) is 0. The van der Waals surface area contributed by atoms with Gasteiger partial charge in [-0.1, -0.05) is 85.0 Å². The van der Waals surface area contributed by atoms with E-state index in [9.17, 15) is 0 Å². The van der Waals surface area contributed by atoms with Crippen LogP contribution in [0.1, 0.15) is 13.8 Å². The average Bonchev–Trinajstić information content (AvgIpc) is 2.05. The number of alkyl halides is 3. The Morgan fingerprint density at radius 1 is 0.786 bits per heavy atom. The average molecular weight is 257 g/mol. The van der Waals surface area contributed by atoms with Crippen LogP contribution in [0.2, 0.25) is 0 Å². The molecule has 14 heavy (non-hydrogen) atoms. The lowest BCUT2D eigenvalue weighted by atomic mass is 10.4. The highest BCUT2D eigenvalue weighted by Gasteiger charge is 1.78. The van der Waals surface area contributed by atoms with Gasteiger partial charge in [0.05, 0.1) is 0 Å². The molecular weight excluding hydrogens is 240 g/mol. The van der Waals surface area contributed by atoms with Crippen LogP contribution in [0.15, 0.2) is 36.4 Å². The smallest absolute Gasteiger partial charge is 0.180 e. The van der Waals surface area contributed by atoms with Gasteiger partial charge in [-0.3, -0.25) is 0 Å². The van der Waals surface area contributed by atoms with Crippen LogP contribution in [0.4, 0.5) is 0 Å². The van der Waals surface area contributed by atoms with Crippen molar-refractivity contribution in [2.45, 2.75) is 24.2 Å². The first-order chi connectivity index (χ1) is 6.46. The monoisotopic (exact) mass is 255 g/mol. The fourth-order valence-electron chi connectivity index (χ4n) is 0.385. The lowest BCUT2D eigenvalue weighted by molar-refractivity contribution is 0.834. The normalized spacial score (nSPS) is 8.57. The molecule has 1 aromatic rings. The molecule has 0 spiro atoms. The number of hydrogen-bond donors (Lipinski definition) is 1. The Balaban J connectivity index is 0. The highest BCUT2D eigenvalue weighted by molar-refractivity contribution is 6.63. The Bertz CT molecular complexity index is 140. The van der Waals surface area contributed by atoms with Crippen LogP contribution in [-0.2, 0) is 0 Å². The van der Waals surface area contributed by atoms with Gasteiger partial charge in [0.1, 0.15) is 0 Å². The van der Waals surface area contributed by atoms with Gasteiger partial charge in [0.25, 0.3) is 0 Å². The minimum atomic E-state index is -0.750. The van der Waals surface area contributed by atoms with Gasteiger partial charge in [-0.2, -0.15) is 0 Å². The molecule has 0 atom stereocenters. The Morgan fingerprint density at radius 3 is 0.929 bits per heavy atom. The largest absolute Gasteiger partial charge is 0.328 e. The van der Waals surface area contributed by atoms with Crippen molar-refractivity contribution in [3.8, 4) is 0 Å². The quantitative estimate of drug-likeness (QED) is 0.697. The summed E-state index contributed by atoms with van der Waals surface area (Å²) in [5.41, 5.74) is 5.11. The number of nitrogens with two attached hydrogens (primary N) is 1. The van der Waals surface area contributed by atoms with Gasteiger partial charge in [0.2, 0.25) is 0 Å². The molecule has 0 aromatic heterocycles. The zero-order valence-corrected chi connectivity index (χ0v) is 10.6. The van der Waals surface area contributed by atoms with E-state index < -0.39 is 4.30 Å². The number of benzene rings is 1. The number of rotatable bonds is 0. The van der Waals surface area contributed by atoms with Gasteiger partial charge in [-0.05, 0) is 6.04 Å². The fourth-order valence-corrected chi connectivity index (χ4v) is 0.385. The van der Waals surface area contributed by atoms with E-state index in [1.54, 1.807) is 0 Å². The van der Waals surface area contributed by atoms with Crippen molar-refractivity contribution in [2.24, 2.45) is 5.73 Å². The summed E-state index contributed by atoms with van der Waals surface area (Å²) in [7, 11) is 0. The molecule has 82 valence electrons. The van der Waals surface area contributed by atoms with Crippen molar-refractivity contribution in [3.05, 3.63) is 36.4 Å². The minimum Gasteiger partial charge on any atom is -0.328 e. The van der Waals surface area contributed by atoms with E-state index in [0.717, 1.165) is 0 Å². The number of halogens is 3. The lowest BCUT2D eigenvalue weighted by Crippen LogP contribution is -2.06. The first kappa shape index (κ1) is 16.5. The fraction of sp³-hybridized carbons (Fsp3) is 0.400. The SMILES string of the molecule is CC(C)N.ClC(Cl)Cl.c1ccccc1. The predicted molar refractivity (Wildman–Crippen MR) is 67.1 cm³/mol. The third kappa shape index (κ3) is 40.2. The van der Waals surface area contributed by atoms with Crippen LogP contribution in [-0.4, -0.2) is 10.3 Å². The maximum atomic E-state index is 5.11. The Kier molecular flexibility index (Phi) is 15.4. The molecule has 0 aliphatic heterocycles. The van der Waals surface area contributed by atoms with E-state index in [1.165, 1.54) is 0 Å². The lowest BCUT2D eigenvalue weighted by Gasteiger charge is -1.81. The molecule has 0 bridgehead atoms. The Hall–Kier alpha value is 0.0500. The van der Waals surface area contributed by atoms with E-state index in [2.05, 4.69) is 0 Å². The van der Waals surface area contributed by atoms with Gasteiger partial charge >= 0.3 is 0 Å². The zero-order valence-electron chi connectivity index (χ0n) is 8.33. The standard InChI is InChI=1S/C6H6.C3H9N.CHCl3/c1-2-4-6-5-3-1;1-3(2)4;2-1(3)4/h1-6H;3H,4H2,1-2H3;1H. The molecule has 0 heterocycles. The van der Waals surface area contributed by atoms with E-state index in [1.807, 2.05) is 50.2 Å². The van der Waals surface area contributed by atoms with Crippen LogP contribution in [0.3, 0.4) is 0 Å². The van der Waals surface area contributed by atoms with Crippen LogP contribution < -0.4 is 5.73 Å². The third-order valence-corrected chi connectivity index (χ3v) is 0.667. The number of hydrogen-bond acceptors (Lipinski definition) is 1. The van der Waals surface area contributed by atoms with Gasteiger partial charge in [0.15, 0.2) is 4.30 Å². The molecule has 0 fully saturated rings. The third-order valence-electron chi connectivity index (χ3n) is 0.667. The van der Waals surface area contributed by atoms with Crippen LogP contribution in [0, 0.1) is 0 Å². The van der Waals surface area contributed by atoms with E-state index in [0.29, 0.717) is 6.04 Å². The molecule has 0 saturated heterocycles. The predicted octanol–water partition coefficient (Wildman–Crippen LogP) is 4.03. The Morgan fingerprint density at radius 2 is 0.857 bits per heavy atom. The maximum Gasteiger partial charge on any atom is 0.180 e. The summed E-state index contributed by atoms with van der Waals surface area (Å²) < 4.78 is -0.750. The molecule has 4 heteroatoms. The summed E-state index contributed by atoms with van der Waals surface area (Å²) in [6, 6.07) is 12.3. The first-order valence-corrected chi connectivity index (χ1v) is 5.45. The molecule has 0 aliphatic rings. The second-order valence-electron chi connectivity index (χ2n) is 2.65. The second kappa shape index (κ2) is 13.1. The van der Waals surface area contributed by atoms with Crippen molar-refractivity contribution in [3.63, 3.8) is 0 Å². The van der Waals surface area contributed by atoms with Crippen LogP contribution >= 0.6 is 34.8 Å². The minimum absolute atomic E-state index is 0.333. The maximum absolute atomic E-state index is 5.11. The van der Waals surface area contributed by atoms with E-state index in [-0.39, 0.29) is 0 Å². The molecule has 2 N–H and O–H groups in total. The molecule has 0 saturated carbocycles. The highest BCUT2D eigenvalue weighted by atomic mass is 35.6. The summed E-state index contributed by atoms with van der Waals surface area (Å²) >= 11 is 14.4. The summed E-state index contributed by atoms with van der Waals surface area (Å²) in [5.74, 6) is 0. The zero-order chi connectivity index (χ0) is 11.4.